The van der Waals surface area contributed by atoms with E-state index in [1.165, 1.54) is 19.5 Å². The summed E-state index contributed by atoms with van der Waals surface area (Å²) in [6, 6.07) is 2.04. The summed E-state index contributed by atoms with van der Waals surface area (Å²) >= 11 is 0. The second-order valence-electron chi connectivity index (χ2n) is 4.48. The maximum atomic E-state index is 5.14. The van der Waals surface area contributed by atoms with Gasteiger partial charge in [-0.3, -0.25) is 4.90 Å². The fourth-order valence-electron chi connectivity index (χ4n) is 2.06. The molecule has 0 saturated carbocycles. The Kier molecular flexibility index (Phi) is 2.86. The van der Waals surface area contributed by atoms with Crippen LogP contribution in [0.25, 0.3) is 0 Å². The number of hydrogen-bond acceptors (Lipinski definition) is 3. The Morgan fingerprint density at radius 1 is 1.31 bits per heavy atom. The minimum atomic E-state index is 0.636. The van der Waals surface area contributed by atoms with Gasteiger partial charge in [0.25, 0.3) is 0 Å². The number of rotatable bonds is 3. The number of hydrogen-bond donors (Lipinski definition) is 1. The van der Waals surface area contributed by atoms with Gasteiger partial charge in [-0.25, -0.2) is 0 Å². The second-order valence-corrected chi connectivity index (χ2v) is 4.48. The molecule has 0 aromatic carbocycles. The van der Waals surface area contributed by atoms with E-state index in [1.807, 2.05) is 0 Å². The summed E-state index contributed by atoms with van der Waals surface area (Å²) in [6.07, 6.45) is 1.30. The van der Waals surface area contributed by atoms with E-state index in [9.17, 15) is 0 Å². The van der Waals surface area contributed by atoms with Gasteiger partial charge in [0.1, 0.15) is 0 Å². The Morgan fingerprint density at radius 2 is 2.08 bits per heavy atom. The Morgan fingerprint density at radius 3 is 2.54 bits per heavy atom. The zero-order chi connectivity index (χ0) is 9.26. The third-order valence-corrected chi connectivity index (χ3v) is 3.06. The van der Waals surface area contributed by atoms with Crippen molar-refractivity contribution in [1.29, 1.82) is 0 Å². The van der Waals surface area contributed by atoms with Crippen molar-refractivity contribution in [3.8, 4) is 0 Å². The van der Waals surface area contributed by atoms with Crippen molar-refractivity contribution in [3.05, 3.63) is 0 Å². The molecule has 2 fully saturated rings. The van der Waals surface area contributed by atoms with Crippen LogP contribution in [-0.2, 0) is 4.74 Å². The summed E-state index contributed by atoms with van der Waals surface area (Å²) in [5.41, 5.74) is 0. The molecule has 0 amide bonds. The van der Waals surface area contributed by atoms with Crippen LogP contribution in [0, 0.1) is 0 Å². The number of ether oxygens (including phenoxy) is 1. The number of likely N-dealkylation sites (tertiary alicyclic amines) is 1. The Balaban J connectivity index is 1.71. The molecule has 0 unspecified atom stereocenters. The maximum Gasteiger partial charge on any atom is 0.0643 e. The lowest BCUT2D eigenvalue weighted by Crippen LogP contribution is -2.51. The van der Waals surface area contributed by atoms with Crippen LogP contribution in [0.4, 0.5) is 0 Å². The molecule has 13 heavy (non-hydrogen) atoms. The van der Waals surface area contributed by atoms with Gasteiger partial charge in [-0.2, -0.15) is 0 Å². The Bertz CT molecular complexity index is 168. The first kappa shape index (κ1) is 9.44. The molecule has 0 radical (unpaired) electrons. The maximum absolute atomic E-state index is 5.14. The van der Waals surface area contributed by atoms with E-state index in [-0.39, 0.29) is 0 Å². The van der Waals surface area contributed by atoms with Crippen molar-refractivity contribution < 1.29 is 4.74 Å². The summed E-state index contributed by atoms with van der Waals surface area (Å²) in [6.45, 7) is 8.84. The molecule has 0 aliphatic carbocycles. The van der Waals surface area contributed by atoms with Crippen LogP contribution in [-0.4, -0.2) is 49.3 Å². The monoisotopic (exact) mass is 184 g/mol. The van der Waals surface area contributed by atoms with Gasteiger partial charge in [-0.05, 0) is 26.8 Å². The molecule has 76 valence electrons. The van der Waals surface area contributed by atoms with Gasteiger partial charge in [-0.1, -0.05) is 0 Å². The Hall–Kier alpha value is -0.120. The van der Waals surface area contributed by atoms with Crippen LogP contribution >= 0.6 is 0 Å². The molecule has 0 bridgehead atoms. The van der Waals surface area contributed by atoms with E-state index in [0.717, 1.165) is 13.2 Å². The number of nitrogens with one attached hydrogen (secondary N) is 1. The van der Waals surface area contributed by atoms with Crippen LogP contribution in [0.1, 0.15) is 20.3 Å². The first-order chi connectivity index (χ1) is 6.25. The SMILES string of the molecule is CC(C)N1CC[C@@H](NC2COC2)C1. The summed E-state index contributed by atoms with van der Waals surface area (Å²) in [7, 11) is 0. The molecule has 0 aromatic heterocycles. The van der Waals surface area contributed by atoms with Crippen molar-refractivity contribution in [3.63, 3.8) is 0 Å². The van der Waals surface area contributed by atoms with Gasteiger partial charge in [0, 0.05) is 18.6 Å². The molecule has 0 aromatic rings. The third kappa shape index (κ3) is 2.22. The zero-order valence-electron chi connectivity index (χ0n) is 8.62. The fraction of sp³-hybridized carbons (Fsp3) is 1.00. The molecule has 2 aliphatic heterocycles. The van der Waals surface area contributed by atoms with E-state index in [4.69, 9.17) is 4.74 Å². The highest BCUT2D eigenvalue weighted by molar-refractivity contribution is 4.86. The predicted octanol–water partition coefficient (Wildman–Crippen LogP) is 0.457. The summed E-state index contributed by atoms with van der Waals surface area (Å²) in [4.78, 5) is 2.54. The lowest BCUT2D eigenvalue weighted by Gasteiger charge is -2.30. The van der Waals surface area contributed by atoms with Gasteiger partial charge in [0.15, 0.2) is 0 Å². The van der Waals surface area contributed by atoms with Gasteiger partial charge in [0.2, 0.25) is 0 Å². The van der Waals surface area contributed by atoms with Gasteiger partial charge >= 0.3 is 0 Å². The van der Waals surface area contributed by atoms with Crippen molar-refractivity contribution in [2.24, 2.45) is 0 Å². The Labute approximate surface area is 80.4 Å². The molecule has 2 rings (SSSR count). The highest BCUT2D eigenvalue weighted by Crippen LogP contribution is 2.14. The molecule has 2 heterocycles. The van der Waals surface area contributed by atoms with Crippen molar-refractivity contribution >= 4 is 0 Å². The largest absolute Gasteiger partial charge is 0.378 e. The molecular formula is C10H20N2O. The summed E-state index contributed by atoms with van der Waals surface area (Å²) < 4.78 is 5.14. The first-order valence-corrected chi connectivity index (χ1v) is 5.33. The van der Waals surface area contributed by atoms with Crippen molar-refractivity contribution in [2.45, 2.75) is 38.4 Å². The van der Waals surface area contributed by atoms with Crippen molar-refractivity contribution in [2.75, 3.05) is 26.3 Å². The summed E-state index contributed by atoms with van der Waals surface area (Å²) in [5, 5.41) is 3.63. The summed E-state index contributed by atoms with van der Waals surface area (Å²) in [5.74, 6) is 0. The second kappa shape index (κ2) is 3.95. The van der Waals surface area contributed by atoms with E-state index >= 15 is 0 Å². The van der Waals surface area contributed by atoms with Crippen LogP contribution < -0.4 is 5.32 Å². The van der Waals surface area contributed by atoms with Gasteiger partial charge in [0.05, 0.1) is 19.3 Å². The highest BCUT2D eigenvalue weighted by atomic mass is 16.5. The van der Waals surface area contributed by atoms with Gasteiger partial charge < -0.3 is 10.1 Å². The molecule has 3 nitrogen and oxygen atoms in total. The van der Waals surface area contributed by atoms with Crippen LogP contribution in [0.3, 0.4) is 0 Å². The van der Waals surface area contributed by atoms with E-state index < -0.39 is 0 Å². The van der Waals surface area contributed by atoms with Crippen LogP contribution in [0.5, 0.6) is 0 Å². The normalized spacial score (nSPS) is 31.2. The molecule has 2 saturated heterocycles. The molecule has 0 spiro atoms. The molecule has 1 atom stereocenters. The van der Waals surface area contributed by atoms with Crippen molar-refractivity contribution in [1.82, 2.24) is 10.2 Å². The standard InChI is InChI=1S/C10H20N2O/c1-8(2)12-4-3-9(5-12)11-10-6-13-7-10/h8-11H,3-7H2,1-2H3/t9-/m1/s1. The first-order valence-electron chi connectivity index (χ1n) is 5.33. The van der Waals surface area contributed by atoms with Crippen LogP contribution in [0.15, 0.2) is 0 Å². The minimum Gasteiger partial charge on any atom is -0.378 e. The predicted molar refractivity (Wildman–Crippen MR) is 52.9 cm³/mol. The molecule has 1 N–H and O–H groups in total. The minimum absolute atomic E-state index is 0.636. The molecule has 2 aliphatic rings. The van der Waals surface area contributed by atoms with E-state index in [0.29, 0.717) is 18.1 Å². The van der Waals surface area contributed by atoms with E-state index in [2.05, 4.69) is 24.1 Å². The zero-order valence-corrected chi connectivity index (χ0v) is 8.62. The van der Waals surface area contributed by atoms with Gasteiger partial charge in [-0.15, -0.1) is 0 Å². The molecular weight excluding hydrogens is 164 g/mol. The quantitative estimate of drug-likeness (QED) is 0.689. The average Bonchev–Trinajstić information content (AvgIpc) is 2.44. The number of nitrogens with zero attached hydrogens (tertiary/aromatic N) is 1. The lowest BCUT2D eigenvalue weighted by atomic mass is 10.2. The van der Waals surface area contributed by atoms with E-state index in [1.54, 1.807) is 0 Å². The molecule has 3 heteroatoms. The third-order valence-electron chi connectivity index (χ3n) is 3.06. The van der Waals surface area contributed by atoms with Crippen LogP contribution in [0.2, 0.25) is 0 Å². The topological polar surface area (TPSA) is 24.5 Å². The smallest absolute Gasteiger partial charge is 0.0643 e. The fourth-order valence-corrected chi connectivity index (χ4v) is 2.06. The lowest BCUT2D eigenvalue weighted by molar-refractivity contribution is -0.00959. The average molecular weight is 184 g/mol. The highest BCUT2D eigenvalue weighted by Gasteiger charge is 2.28.